The van der Waals surface area contributed by atoms with E-state index in [2.05, 4.69) is 16.5 Å². The van der Waals surface area contributed by atoms with E-state index in [9.17, 15) is 0 Å². The fraction of sp³-hybridized carbons (Fsp3) is 0. The van der Waals surface area contributed by atoms with E-state index in [0.717, 1.165) is 0 Å². The van der Waals surface area contributed by atoms with Crippen LogP contribution in [0.2, 0.25) is 0 Å². The lowest BCUT2D eigenvalue weighted by molar-refractivity contribution is 4.64. The molecule has 0 saturated heterocycles. The quantitative estimate of drug-likeness (QED) is 0.321. The smallest absolute Gasteiger partial charge is 0.0148 e. The zero-order chi connectivity index (χ0) is 31.0. The van der Waals surface area contributed by atoms with Gasteiger partial charge in [-0.25, -0.2) is 0 Å². The second-order valence-corrected chi connectivity index (χ2v) is 73.1. The summed E-state index contributed by atoms with van der Waals surface area (Å²) < 4.78 is 2.62. The molecule has 0 aromatic rings. The van der Waals surface area contributed by atoms with Crippen LogP contribution >= 0.6 is 12.2 Å². The summed E-state index contributed by atoms with van der Waals surface area (Å²) in [5.74, 6) is 0. The van der Waals surface area contributed by atoms with E-state index in [4.69, 9.17) is 11.2 Å². The van der Waals surface area contributed by atoms with E-state index in [-0.39, 0.29) is 0 Å². The van der Waals surface area contributed by atoms with Crippen molar-refractivity contribution >= 4 is 384 Å². The fourth-order valence-corrected chi connectivity index (χ4v) is 104. The molecule has 0 amide bonds. The van der Waals surface area contributed by atoms with Crippen LogP contribution in [0.15, 0.2) is 0 Å². The molecule has 0 heterocycles. The van der Waals surface area contributed by atoms with Gasteiger partial charge in [0.1, 0.15) is 0 Å². The second kappa shape index (κ2) is 51.0. The van der Waals surface area contributed by atoms with Crippen LogP contribution in [-0.2, 0) is 367 Å². The monoisotopic (exact) mass is 1350 g/mol. The standard InChI is InChI=1S/CS42/c2-1-4-6-8-10-12-14-16-18-20-22-24-26-28-30-32-34-36-38-40-42-43-41-39-37-35-33-31-29-27-25-23-21-19-17-15-13-11-9-7-5-3. The molecule has 0 unspecified atom stereocenters. The van der Waals surface area contributed by atoms with Gasteiger partial charge in [0.15, 0.2) is 0 Å². The van der Waals surface area contributed by atoms with E-state index >= 15 is 0 Å². The van der Waals surface area contributed by atoms with E-state index in [1.807, 2.05) is 222 Å². The fourth-order valence-electron chi connectivity index (χ4n) is 0.447. The summed E-state index contributed by atoms with van der Waals surface area (Å²) in [6.45, 7) is 0. The summed E-state index contributed by atoms with van der Waals surface area (Å²) in [5, 5.41) is 0. The van der Waals surface area contributed by atoms with E-state index in [0.29, 0.717) is 0 Å². The Morgan fingerprint density at radius 2 is 0.349 bits per heavy atom. The minimum absolute atomic E-state index is 1.37. The van der Waals surface area contributed by atoms with Gasteiger partial charge in [-0.2, -0.15) is 0 Å². The molecule has 0 aliphatic carbocycles. The van der Waals surface area contributed by atoms with Crippen LogP contribution in [0.5, 0.6) is 0 Å². The third kappa shape index (κ3) is 51.0. The zero-order valence-electron chi connectivity index (χ0n) is 17.6. The van der Waals surface area contributed by atoms with Crippen LogP contribution in [0.3, 0.4) is 0 Å². The maximum Gasteiger partial charge on any atom is 0.0298 e. The lowest BCUT2D eigenvalue weighted by Gasteiger charge is -1.41. The number of thiocarbonyl (C=S) groups is 1. The SMILES string of the molecule is S=C=S=S=S=S=S=S=S=S=S=S=S=S=S=S=S=S=S=S=S=S=S=S=S=S=S=S=S=S=S=S=S=S=S=S=S=S=S=S=S=S=S. The Morgan fingerprint density at radius 1 is 0.209 bits per heavy atom. The van der Waals surface area contributed by atoms with Gasteiger partial charge in [-0.15, -0.1) is 0 Å². The lowest BCUT2D eigenvalue weighted by Crippen LogP contribution is -1.41. The number of rotatable bonds is 0. The summed E-state index contributed by atoms with van der Waals surface area (Å²) in [5.41, 5.74) is 0. The summed E-state index contributed by atoms with van der Waals surface area (Å²) in [6.07, 6.45) is 0. The molecule has 0 radical (unpaired) electrons. The topological polar surface area (TPSA) is 0 Å². The Bertz CT molecular complexity index is 2640. The first kappa shape index (κ1) is 52.0. The van der Waals surface area contributed by atoms with Crippen LogP contribution in [0.4, 0.5) is 0 Å². The third-order valence-electron chi connectivity index (χ3n) is 1.12. The predicted octanol–water partition coefficient (Wildman–Crippen LogP) is 0.271. The normalized spacial score (nSPS) is 7.63. The molecule has 42 heteroatoms. The van der Waals surface area contributed by atoms with Crippen molar-refractivity contribution < 1.29 is 0 Å². The molecule has 0 atom stereocenters. The molecule has 0 nitrogen and oxygen atoms in total. The highest BCUT2D eigenvalue weighted by atomic mass is 33.5. The molecule has 0 N–H and O–H groups in total. The maximum absolute atomic E-state index is 4.81. The summed E-state index contributed by atoms with van der Waals surface area (Å²) >= 11 is 9.44. The van der Waals surface area contributed by atoms with Gasteiger partial charge in [0.05, 0.1) is 0 Å². The Labute approximate surface area is 373 Å². The zero-order valence-corrected chi connectivity index (χ0v) is 51.9. The molecule has 0 saturated carbocycles. The molecular formula is CS42. The molecule has 0 aromatic carbocycles. The summed E-state index contributed by atoms with van der Waals surface area (Å²) in [4.78, 5) is 0. The van der Waals surface area contributed by atoms with E-state index < -0.39 is 0 Å². The van der Waals surface area contributed by atoms with Gasteiger partial charge in [0, 0.05) is 291 Å². The summed E-state index contributed by atoms with van der Waals surface area (Å²) in [7, 11) is 71.1. The molecule has 256 valence electrons. The molecule has 0 aromatic heterocycles. The van der Waals surface area contributed by atoms with Gasteiger partial charge in [0.25, 0.3) is 0 Å². The molecule has 0 bridgehead atoms. The Kier molecular flexibility index (Phi) is 61.7. The molecule has 0 rings (SSSR count). The maximum atomic E-state index is 4.81. The minimum atomic E-state index is 1.37. The largest absolute Gasteiger partial charge is 0.0298 e. The first-order valence-electron chi connectivity index (χ1n) is 7.07. The van der Waals surface area contributed by atoms with Crippen molar-refractivity contribution in [3.63, 3.8) is 0 Å². The average Bonchev–Trinajstić information content (AvgIpc) is 3.02. The van der Waals surface area contributed by atoms with Gasteiger partial charge in [-0.3, -0.25) is 0 Å². The van der Waals surface area contributed by atoms with Crippen molar-refractivity contribution in [3.8, 4) is 0 Å². The van der Waals surface area contributed by atoms with Gasteiger partial charge >= 0.3 is 0 Å². The van der Waals surface area contributed by atoms with Crippen LogP contribution in [-0.4, -0.2) is 4.31 Å². The molecular weight excluding hydrogens is 1360 g/mol. The highest BCUT2D eigenvalue weighted by Gasteiger charge is 1.45. The van der Waals surface area contributed by atoms with Crippen molar-refractivity contribution in [1.29, 1.82) is 0 Å². The molecule has 0 aliphatic rings. The third-order valence-corrected chi connectivity index (χ3v) is 87.3. The van der Waals surface area contributed by atoms with Crippen LogP contribution in [0, 0.1) is 0 Å². The first-order chi connectivity index (χ1) is 21.4. The van der Waals surface area contributed by atoms with Crippen LogP contribution in [0.1, 0.15) is 0 Å². The minimum Gasteiger partial charge on any atom is -0.0148 e. The molecule has 43 heavy (non-hydrogen) atoms. The predicted molar refractivity (Wildman–Crippen MR) is 315 cm³/mol. The van der Waals surface area contributed by atoms with Gasteiger partial charge < -0.3 is 0 Å². The van der Waals surface area contributed by atoms with Gasteiger partial charge in [0.2, 0.25) is 0 Å². The Balaban J connectivity index is 6.05. The molecule has 0 aliphatic heterocycles. The highest BCUT2D eigenvalue weighted by Crippen LogP contribution is 1.44. The van der Waals surface area contributed by atoms with Crippen molar-refractivity contribution in [2.75, 3.05) is 0 Å². The van der Waals surface area contributed by atoms with E-state index in [1.165, 1.54) is 18.8 Å². The van der Waals surface area contributed by atoms with Crippen LogP contribution in [0.25, 0.3) is 0 Å². The average molecular weight is 1360 g/mol. The van der Waals surface area contributed by atoms with Crippen molar-refractivity contribution in [1.82, 2.24) is 0 Å². The number of hydrogen-bond donors (Lipinski definition) is 0. The van der Waals surface area contributed by atoms with Crippen molar-refractivity contribution in [2.24, 2.45) is 0 Å². The first-order valence-corrected chi connectivity index (χ1v) is 61.2. The lowest BCUT2D eigenvalue weighted by atomic mass is 12.0. The Morgan fingerprint density at radius 3 is 0.488 bits per heavy atom. The van der Waals surface area contributed by atoms with Crippen molar-refractivity contribution in [2.45, 2.75) is 0 Å². The summed E-state index contributed by atoms with van der Waals surface area (Å²) in [6, 6.07) is 0. The van der Waals surface area contributed by atoms with Crippen molar-refractivity contribution in [3.05, 3.63) is 0 Å². The highest BCUT2D eigenvalue weighted by molar-refractivity contribution is 8.81. The molecule has 0 spiro atoms. The second-order valence-electron chi connectivity index (χ2n) is 2.82. The van der Waals surface area contributed by atoms with Gasteiger partial charge in [-0.1, -0.05) is 0 Å². The van der Waals surface area contributed by atoms with E-state index in [1.54, 1.807) is 115 Å². The van der Waals surface area contributed by atoms with Gasteiger partial charge in [-0.05, 0) is 93.2 Å². The molecule has 0 fully saturated rings. The number of hydrogen-bond acceptors (Lipinski definition) is 2. The van der Waals surface area contributed by atoms with Crippen LogP contribution < -0.4 is 0 Å². The Hall–Kier alpha value is 9.02.